The minimum atomic E-state index is -0.734. The highest BCUT2D eigenvalue weighted by molar-refractivity contribution is 9.10. The van der Waals surface area contributed by atoms with E-state index in [0.29, 0.717) is 17.2 Å². The van der Waals surface area contributed by atoms with Crippen LogP contribution >= 0.6 is 15.9 Å². The van der Waals surface area contributed by atoms with Gasteiger partial charge in [-0.15, -0.1) is 0 Å². The van der Waals surface area contributed by atoms with E-state index in [1.807, 2.05) is 13.8 Å². The number of nitrogens with zero attached hydrogens (tertiary/aromatic N) is 1. The first-order chi connectivity index (χ1) is 11.1. The molecule has 0 bridgehead atoms. The summed E-state index contributed by atoms with van der Waals surface area (Å²) in [5.41, 5.74) is -0.110. The normalized spacial score (nSPS) is 11.5. The Morgan fingerprint density at radius 1 is 1.22 bits per heavy atom. The van der Waals surface area contributed by atoms with Crippen molar-refractivity contribution in [3.05, 3.63) is 50.7 Å². The van der Waals surface area contributed by atoms with Gasteiger partial charge in [0.2, 0.25) is 6.79 Å². The van der Waals surface area contributed by atoms with Crippen LogP contribution in [0.25, 0.3) is 0 Å². The second kappa shape index (κ2) is 7.28. The number of fused-ring (bicyclic) bond motifs is 1. The molecule has 1 aliphatic heterocycles. The van der Waals surface area contributed by atoms with Crippen molar-refractivity contribution in [1.29, 1.82) is 0 Å². The van der Waals surface area contributed by atoms with Crippen LogP contribution < -0.4 is 14.8 Å². The Kier molecular flexibility index (Phi) is 5.38. The molecule has 1 aliphatic rings. The van der Waals surface area contributed by atoms with E-state index < -0.39 is 10.7 Å². The third-order valence-corrected chi connectivity index (χ3v) is 3.52. The number of nitrogens with one attached hydrogen (secondary N) is 1. The molecule has 0 spiro atoms. The number of ether oxygens (including phenoxy) is 2. The zero-order chi connectivity index (χ0) is 17.0. The molecule has 2 aromatic carbocycles. The predicted molar refractivity (Wildman–Crippen MR) is 88.0 cm³/mol. The third kappa shape index (κ3) is 3.53. The van der Waals surface area contributed by atoms with E-state index in [2.05, 4.69) is 21.2 Å². The van der Waals surface area contributed by atoms with Gasteiger partial charge in [-0.05, 0) is 34.1 Å². The van der Waals surface area contributed by atoms with E-state index >= 15 is 0 Å². The van der Waals surface area contributed by atoms with Crippen LogP contribution in [0.3, 0.4) is 0 Å². The average Bonchev–Trinajstić information content (AvgIpc) is 3.01. The van der Waals surface area contributed by atoms with E-state index in [9.17, 15) is 14.5 Å². The maximum absolute atomic E-state index is 14.1. The third-order valence-electron chi connectivity index (χ3n) is 2.91. The van der Waals surface area contributed by atoms with Gasteiger partial charge in [0.05, 0.1) is 9.40 Å². The second-order valence-corrected chi connectivity index (χ2v) is 5.06. The maximum Gasteiger partial charge on any atom is 0.295 e. The summed E-state index contributed by atoms with van der Waals surface area (Å²) in [6.07, 6.45) is 0. The first-order valence-electron chi connectivity index (χ1n) is 6.85. The molecule has 1 heterocycles. The Bertz CT molecular complexity index is 740. The number of benzene rings is 2. The Balaban J connectivity index is 0.000000924. The molecular weight excluding hydrogens is 371 g/mol. The number of hydrogen-bond acceptors (Lipinski definition) is 5. The zero-order valence-electron chi connectivity index (χ0n) is 12.4. The first kappa shape index (κ1) is 17.0. The number of hydrogen-bond donors (Lipinski definition) is 1. The SMILES string of the molecule is CC.O=[N+]([O-])c1ccc(Br)c(F)c1Nc1ccc2c(c1)OCO2. The molecule has 23 heavy (non-hydrogen) atoms. The molecule has 0 unspecified atom stereocenters. The van der Waals surface area contributed by atoms with Crippen LogP contribution in [0, 0.1) is 15.9 Å². The molecule has 0 atom stereocenters. The van der Waals surface area contributed by atoms with Crippen LogP contribution in [0.1, 0.15) is 13.8 Å². The molecule has 0 aromatic heterocycles. The van der Waals surface area contributed by atoms with Crippen molar-refractivity contribution in [3.8, 4) is 11.5 Å². The standard InChI is InChI=1S/C13H8BrFN2O4.C2H6/c14-8-2-3-9(17(18)19)13(12(8)15)16-7-1-4-10-11(5-7)21-6-20-10;1-2/h1-5,16H,6H2;1-2H3. The summed E-state index contributed by atoms with van der Waals surface area (Å²) < 4.78 is 24.6. The van der Waals surface area contributed by atoms with E-state index in [4.69, 9.17) is 9.47 Å². The summed E-state index contributed by atoms with van der Waals surface area (Å²) in [4.78, 5) is 10.4. The lowest BCUT2D eigenvalue weighted by atomic mass is 10.2. The molecule has 0 radical (unpaired) electrons. The van der Waals surface area contributed by atoms with E-state index in [1.54, 1.807) is 18.2 Å². The minimum absolute atomic E-state index is 0.115. The van der Waals surface area contributed by atoms with Crippen molar-refractivity contribution < 1.29 is 18.8 Å². The van der Waals surface area contributed by atoms with Gasteiger partial charge >= 0.3 is 0 Å². The molecule has 6 nitrogen and oxygen atoms in total. The second-order valence-electron chi connectivity index (χ2n) is 4.21. The molecule has 0 aliphatic carbocycles. The zero-order valence-corrected chi connectivity index (χ0v) is 14.0. The monoisotopic (exact) mass is 384 g/mol. The summed E-state index contributed by atoms with van der Waals surface area (Å²) >= 11 is 3.01. The molecule has 122 valence electrons. The smallest absolute Gasteiger partial charge is 0.295 e. The van der Waals surface area contributed by atoms with Crippen molar-refractivity contribution in [2.75, 3.05) is 12.1 Å². The van der Waals surface area contributed by atoms with Gasteiger partial charge in [0, 0.05) is 17.8 Å². The number of rotatable bonds is 3. The van der Waals surface area contributed by atoms with Gasteiger partial charge in [0.15, 0.2) is 23.0 Å². The first-order valence-corrected chi connectivity index (χ1v) is 7.64. The lowest BCUT2D eigenvalue weighted by Crippen LogP contribution is -2.00. The highest BCUT2D eigenvalue weighted by Gasteiger charge is 2.21. The predicted octanol–water partition coefficient (Wildman–Crippen LogP) is 4.99. The maximum atomic E-state index is 14.1. The largest absolute Gasteiger partial charge is 0.454 e. The fourth-order valence-electron chi connectivity index (χ4n) is 1.93. The van der Waals surface area contributed by atoms with Crippen molar-refractivity contribution in [2.24, 2.45) is 0 Å². The van der Waals surface area contributed by atoms with Crippen molar-refractivity contribution in [1.82, 2.24) is 0 Å². The lowest BCUT2D eigenvalue weighted by molar-refractivity contribution is -0.384. The summed E-state index contributed by atoms with van der Waals surface area (Å²) in [7, 11) is 0. The van der Waals surface area contributed by atoms with Crippen LogP contribution in [0.5, 0.6) is 11.5 Å². The molecule has 0 amide bonds. The van der Waals surface area contributed by atoms with Gasteiger partial charge in [-0.3, -0.25) is 10.1 Å². The van der Waals surface area contributed by atoms with Crippen LogP contribution in [-0.2, 0) is 0 Å². The van der Waals surface area contributed by atoms with Crippen LogP contribution in [-0.4, -0.2) is 11.7 Å². The summed E-state index contributed by atoms with van der Waals surface area (Å²) in [5, 5.41) is 13.7. The van der Waals surface area contributed by atoms with Crippen LogP contribution in [0.2, 0.25) is 0 Å². The number of nitro groups is 1. The Morgan fingerprint density at radius 2 is 1.91 bits per heavy atom. The quantitative estimate of drug-likeness (QED) is 0.595. The van der Waals surface area contributed by atoms with Crippen molar-refractivity contribution >= 4 is 33.0 Å². The minimum Gasteiger partial charge on any atom is -0.454 e. The highest BCUT2D eigenvalue weighted by Crippen LogP contribution is 2.38. The summed E-state index contributed by atoms with van der Waals surface area (Å²) in [5.74, 6) is 0.338. The molecule has 0 fully saturated rings. The van der Waals surface area contributed by atoms with Crippen molar-refractivity contribution in [3.63, 3.8) is 0 Å². The Labute approximate surface area is 140 Å². The fraction of sp³-hybridized carbons (Fsp3) is 0.200. The molecule has 1 N–H and O–H groups in total. The molecular formula is C15H14BrFN2O4. The molecule has 3 rings (SSSR count). The van der Waals surface area contributed by atoms with E-state index in [1.165, 1.54) is 12.1 Å². The van der Waals surface area contributed by atoms with Crippen LogP contribution in [0.15, 0.2) is 34.8 Å². The highest BCUT2D eigenvalue weighted by atomic mass is 79.9. The fourth-order valence-corrected chi connectivity index (χ4v) is 2.26. The number of anilines is 2. The molecule has 8 heteroatoms. The molecule has 0 saturated carbocycles. The molecule has 0 saturated heterocycles. The topological polar surface area (TPSA) is 73.6 Å². The summed E-state index contributed by atoms with van der Waals surface area (Å²) in [6, 6.07) is 7.37. The van der Waals surface area contributed by atoms with E-state index in [-0.39, 0.29) is 22.6 Å². The van der Waals surface area contributed by atoms with Gasteiger partial charge in [-0.2, -0.15) is 0 Å². The van der Waals surface area contributed by atoms with Gasteiger partial charge in [0.1, 0.15) is 0 Å². The number of nitro benzene ring substituents is 1. The Morgan fingerprint density at radius 3 is 2.61 bits per heavy atom. The van der Waals surface area contributed by atoms with E-state index in [0.717, 1.165) is 0 Å². The molecule has 2 aromatic rings. The van der Waals surface area contributed by atoms with Gasteiger partial charge in [-0.1, -0.05) is 13.8 Å². The van der Waals surface area contributed by atoms with Gasteiger partial charge in [-0.25, -0.2) is 4.39 Å². The van der Waals surface area contributed by atoms with Crippen molar-refractivity contribution in [2.45, 2.75) is 13.8 Å². The lowest BCUT2D eigenvalue weighted by Gasteiger charge is -2.09. The average molecular weight is 385 g/mol. The Hall–Kier alpha value is -2.35. The van der Waals surface area contributed by atoms with Crippen LogP contribution in [0.4, 0.5) is 21.5 Å². The number of halogens is 2. The summed E-state index contributed by atoms with van der Waals surface area (Å²) in [6.45, 7) is 4.12. The van der Waals surface area contributed by atoms with Gasteiger partial charge in [0.25, 0.3) is 5.69 Å². The van der Waals surface area contributed by atoms with Gasteiger partial charge < -0.3 is 14.8 Å².